The minimum atomic E-state index is -1.96. The smallest absolute Gasteiger partial charge is 0.374 e. The molecule has 16 nitrogen and oxygen atoms in total. The molecule has 6 rings (SSSR count). The van der Waals surface area contributed by atoms with Gasteiger partial charge in [0.15, 0.2) is 34.5 Å². The fraction of sp³-hybridized carbons (Fsp3) is 0.281. The van der Waals surface area contributed by atoms with Crippen LogP contribution >= 0.6 is 0 Å². The Labute approximate surface area is 268 Å². The van der Waals surface area contributed by atoms with Crippen molar-refractivity contribution in [3.05, 3.63) is 62.4 Å². The van der Waals surface area contributed by atoms with Crippen LogP contribution in [0.3, 0.4) is 0 Å². The molecule has 1 aliphatic carbocycles. The van der Waals surface area contributed by atoms with Gasteiger partial charge >= 0.3 is 29.5 Å². The number of aliphatic hydroxyl groups excluding tert-OH is 1. The van der Waals surface area contributed by atoms with Crippen LogP contribution in [0.1, 0.15) is 75.7 Å². The lowest BCUT2D eigenvalue weighted by Gasteiger charge is -2.37. The molecule has 0 saturated carbocycles. The summed E-state index contributed by atoms with van der Waals surface area (Å²) >= 11 is 0. The van der Waals surface area contributed by atoms with Gasteiger partial charge in [-0.05, 0) is 17.5 Å². The molecule has 3 aliphatic rings. The molecule has 0 radical (unpaired) electrons. The molecule has 16 heteroatoms. The summed E-state index contributed by atoms with van der Waals surface area (Å²) in [6, 6.07) is 2.48. The normalized spacial score (nSPS) is 18.9. The van der Waals surface area contributed by atoms with E-state index in [0.29, 0.717) is 0 Å². The number of fused-ring (bicyclic) bond motifs is 4. The summed E-state index contributed by atoms with van der Waals surface area (Å²) in [7, 11) is 2.23. The molecule has 0 fully saturated rings. The summed E-state index contributed by atoms with van der Waals surface area (Å²) in [4.78, 5) is 88.9. The first kappa shape index (κ1) is 31.9. The summed E-state index contributed by atoms with van der Waals surface area (Å²) in [6.07, 6.45) is -1.35. The van der Waals surface area contributed by atoms with Crippen LogP contribution in [0.5, 0.6) is 28.7 Å². The number of aliphatic hydroxyl groups is 1. The molecule has 2 unspecified atom stereocenters. The van der Waals surface area contributed by atoms with Gasteiger partial charge < -0.3 is 42.7 Å². The third-order valence-electron chi connectivity index (χ3n) is 7.64. The summed E-state index contributed by atoms with van der Waals surface area (Å²) in [5.41, 5.74) is -2.02. The highest BCUT2D eigenvalue weighted by molar-refractivity contribution is 6.27. The van der Waals surface area contributed by atoms with Crippen LogP contribution in [0, 0.1) is 0 Å². The second-order valence-corrected chi connectivity index (χ2v) is 10.9. The highest BCUT2D eigenvalue weighted by Crippen LogP contribution is 2.57. The summed E-state index contributed by atoms with van der Waals surface area (Å²) in [5, 5.41) is 11.2. The molecule has 0 amide bonds. The Kier molecular flexibility index (Phi) is 7.54. The number of Topliss-reactive ketones (excluding diaryl/α,β-unsaturated/α-hetero) is 1. The average molecular weight is 665 g/mol. The van der Waals surface area contributed by atoms with Crippen LogP contribution in [0.2, 0.25) is 0 Å². The minimum Gasteiger partial charge on any atom is -0.492 e. The third-order valence-corrected chi connectivity index (χ3v) is 7.64. The number of ketones is 2. The minimum absolute atomic E-state index is 0.0179. The van der Waals surface area contributed by atoms with E-state index in [0.717, 1.165) is 47.1 Å². The van der Waals surface area contributed by atoms with Gasteiger partial charge in [-0.25, -0.2) is 9.59 Å². The molecule has 1 N–H and O–H groups in total. The van der Waals surface area contributed by atoms with Crippen LogP contribution in [0.25, 0.3) is 10.8 Å². The van der Waals surface area contributed by atoms with E-state index >= 15 is 0 Å². The van der Waals surface area contributed by atoms with Gasteiger partial charge in [-0.2, -0.15) is 0 Å². The Hall–Kier alpha value is -6.03. The topological polar surface area (TPSA) is 217 Å². The number of methoxy groups -OCH3 is 2. The molecule has 3 heterocycles. The zero-order valence-corrected chi connectivity index (χ0v) is 25.8. The molecule has 248 valence electrons. The fourth-order valence-corrected chi connectivity index (χ4v) is 5.90. The predicted molar refractivity (Wildman–Crippen MR) is 155 cm³/mol. The lowest BCUT2D eigenvalue weighted by atomic mass is 9.87. The van der Waals surface area contributed by atoms with E-state index < -0.39 is 93.5 Å². The second-order valence-electron chi connectivity index (χ2n) is 10.9. The first-order valence-electron chi connectivity index (χ1n) is 14.1. The standard InChI is InChI=1S/C32H24O16/c1-11(33)43-25-16-9-32(48-27(16)29(45-13(3)35)23-22(25)17(36)8-19(41-4)24(23)38)10-18(37)15-6-14-7-20(30(39)42-5)46-31(40)21(14)28(26(15)47-32)44-12(2)34/h6-8,18,37H,9-10H2,1-5H3. The van der Waals surface area contributed by atoms with E-state index in [-0.39, 0.29) is 45.6 Å². The maximum atomic E-state index is 13.5. The van der Waals surface area contributed by atoms with Gasteiger partial charge in [-0.15, -0.1) is 0 Å². The second kappa shape index (κ2) is 11.3. The zero-order chi connectivity index (χ0) is 34.8. The van der Waals surface area contributed by atoms with E-state index in [1.54, 1.807) is 0 Å². The van der Waals surface area contributed by atoms with Gasteiger partial charge in [0.05, 0.1) is 44.3 Å². The molecule has 2 aliphatic heterocycles. The maximum Gasteiger partial charge on any atom is 0.374 e. The van der Waals surface area contributed by atoms with Gasteiger partial charge in [0, 0.05) is 38.0 Å². The van der Waals surface area contributed by atoms with Gasteiger partial charge in [-0.1, -0.05) is 0 Å². The molecule has 1 spiro atoms. The van der Waals surface area contributed by atoms with Crippen molar-refractivity contribution in [2.24, 2.45) is 0 Å². The van der Waals surface area contributed by atoms with Crippen LogP contribution in [-0.2, 0) is 30.3 Å². The number of carbonyl (C=O) groups is 6. The Balaban J connectivity index is 1.58. The highest BCUT2D eigenvalue weighted by Gasteiger charge is 2.53. The average Bonchev–Trinajstić information content (AvgIpc) is 3.37. The number of hydrogen-bond acceptors (Lipinski definition) is 16. The van der Waals surface area contributed by atoms with Gasteiger partial charge in [0.2, 0.25) is 11.5 Å². The molecular weight excluding hydrogens is 640 g/mol. The third kappa shape index (κ3) is 5.02. The van der Waals surface area contributed by atoms with Crippen molar-refractivity contribution in [1.82, 2.24) is 0 Å². The number of esters is 4. The molecule has 0 saturated heterocycles. The van der Waals surface area contributed by atoms with Gasteiger partial charge in [-0.3, -0.25) is 24.0 Å². The highest BCUT2D eigenvalue weighted by atomic mass is 16.7. The fourth-order valence-electron chi connectivity index (χ4n) is 5.90. The molecule has 2 atom stereocenters. The largest absolute Gasteiger partial charge is 0.492 e. The lowest BCUT2D eigenvalue weighted by molar-refractivity contribution is -0.144. The molecular formula is C32H24O16. The molecule has 1 aromatic heterocycles. The summed E-state index contributed by atoms with van der Waals surface area (Å²) in [5.74, 6) is -10.2. The Morgan fingerprint density at radius 2 is 1.48 bits per heavy atom. The molecule has 0 bridgehead atoms. The van der Waals surface area contributed by atoms with Crippen molar-refractivity contribution < 1.29 is 71.4 Å². The summed E-state index contributed by atoms with van der Waals surface area (Å²) < 4.78 is 43.5. The number of carbonyl (C=O) groups excluding carboxylic acids is 6. The zero-order valence-electron chi connectivity index (χ0n) is 25.8. The number of allylic oxidation sites excluding steroid dienone is 2. The summed E-state index contributed by atoms with van der Waals surface area (Å²) in [6.45, 7) is 3.14. The first-order valence-corrected chi connectivity index (χ1v) is 14.1. The van der Waals surface area contributed by atoms with Gasteiger partial charge in [0.25, 0.3) is 5.79 Å². The van der Waals surface area contributed by atoms with Gasteiger partial charge in [0.1, 0.15) is 11.1 Å². The van der Waals surface area contributed by atoms with E-state index in [1.807, 2.05) is 0 Å². The van der Waals surface area contributed by atoms with E-state index in [4.69, 9.17) is 32.8 Å². The molecule has 48 heavy (non-hydrogen) atoms. The van der Waals surface area contributed by atoms with Crippen LogP contribution in [-0.4, -0.2) is 60.6 Å². The van der Waals surface area contributed by atoms with E-state index in [9.17, 15) is 38.7 Å². The number of benzene rings is 2. The quantitative estimate of drug-likeness (QED) is 0.306. The Bertz CT molecular complexity index is 2120. The van der Waals surface area contributed by atoms with Crippen LogP contribution in [0.4, 0.5) is 0 Å². The predicted octanol–water partition coefficient (Wildman–Crippen LogP) is 2.41. The van der Waals surface area contributed by atoms with Crippen molar-refractivity contribution in [3.63, 3.8) is 0 Å². The lowest BCUT2D eigenvalue weighted by Crippen LogP contribution is -2.45. The Morgan fingerprint density at radius 3 is 2.10 bits per heavy atom. The SMILES string of the molecule is COC(=O)c1cc2cc3c(c(OC(C)=O)c2c(=O)o1)OC1(Cc2c(c(OC(C)=O)c4c(c2OC(C)=O)C(=O)C=C(OC)C4=O)O1)CC3O. The van der Waals surface area contributed by atoms with Crippen molar-refractivity contribution in [2.45, 2.75) is 45.5 Å². The van der Waals surface area contributed by atoms with E-state index in [1.165, 1.54) is 6.07 Å². The number of ether oxygens (including phenoxy) is 7. The van der Waals surface area contributed by atoms with Crippen molar-refractivity contribution >= 4 is 46.2 Å². The van der Waals surface area contributed by atoms with E-state index in [2.05, 4.69) is 4.74 Å². The van der Waals surface area contributed by atoms with Crippen LogP contribution in [0.15, 0.2) is 33.2 Å². The van der Waals surface area contributed by atoms with Crippen LogP contribution < -0.4 is 29.3 Å². The molecule has 2 aromatic carbocycles. The first-order chi connectivity index (χ1) is 22.7. The van der Waals surface area contributed by atoms with Crippen molar-refractivity contribution in [2.75, 3.05) is 14.2 Å². The van der Waals surface area contributed by atoms with Crippen molar-refractivity contribution in [3.8, 4) is 28.7 Å². The maximum absolute atomic E-state index is 13.5. The molecule has 3 aromatic rings. The van der Waals surface area contributed by atoms with Crippen molar-refractivity contribution in [1.29, 1.82) is 0 Å². The monoisotopic (exact) mass is 664 g/mol. The number of rotatable bonds is 5. The Morgan fingerprint density at radius 1 is 0.854 bits per heavy atom. The number of hydrogen-bond donors (Lipinski definition) is 1.